The molecule has 2 heterocycles. The van der Waals surface area contributed by atoms with Gasteiger partial charge in [-0.05, 0) is 73.4 Å². The van der Waals surface area contributed by atoms with E-state index >= 15 is 0 Å². The molecule has 0 aliphatic carbocycles. The van der Waals surface area contributed by atoms with Crippen molar-refractivity contribution in [1.29, 1.82) is 0 Å². The number of hydrogen-bond donors (Lipinski definition) is 0. The van der Waals surface area contributed by atoms with Crippen LogP contribution < -0.4 is 4.57 Å². The summed E-state index contributed by atoms with van der Waals surface area (Å²) in [7, 11) is 2.16. The van der Waals surface area contributed by atoms with Crippen molar-refractivity contribution < 1.29 is 4.57 Å². The Morgan fingerprint density at radius 2 is 1.50 bits per heavy atom. The summed E-state index contributed by atoms with van der Waals surface area (Å²) in [5.41, 5.74) is 10.2. The van der Waals surface area contributed by atoms with Crippen molar-refractivity contribution in [2.24, 2.45) is 7.05 Å². The van der Waals surface area contributed by atoms with E-state index in [4.69, 9.17) is 0 Å². The van der Waals surface area contributed by atoms with Gasteiger partial charge in [0.2, 0.25) is 11.2 Å². The van der Waals surface area contributed by atoms with E-state index in [2.05, 4.69) is 92.0 Å². The highest BCUT2D eigenvalue weighted by atomic mass is 14.9. The number of benzene rings is 2. The first-order valence-corrected chi connectivity index (χ1v) is 8.96. The van der Waals surface area contributed by atoms with Crippen LogP contribution in [0.4, 0.5) is 0 Å². The quantitative estimate of drug-likeness (QED) is 0.452. The van der Waals surface area contributed by atoms with Crippen molar-refractivity contribution in [3.8, 4) is 22.4 Å². The SMILES string of the molecule is Cc1cc(C)c(C)c(-c2ccc3ccc(-c4ccncc4)cc3[n+]2C)c1. The van der Waals surface area contributed by atoms with Crippen molar-refractivity contribution >= 4 is 10.9 Å². The topological polar surface area (TPSA) is 16.8 Å². The third-order valence-corrected chi connectivity index (χ3v) is 5.28. The normalized spacial score (nSPS) is 11.1. The number of rotatable bonds is 2. The second kappa shape index (κ2) is 6.38. The van der Waals surface area contributed by atoms with Crippen LogP contribution >= 0.6 is 0 Å². The van der Waals surface area contributed by atoms with E-state index in [1.165, 1.54) is 50.0 Å². The summed E-state index contributed by atoms with van der Waals surface area (Å²) in [6.07, 6.45) is 3.68. The van der Waals surface area contributed by atoms with E-state index in [0.29, 0.717) is 0 Å². The highest BCUT2D eigenvalue weighted by Crippen LogP contribution is 2.28. The molecule has 0 unspecified atom stereocenters. The van der Waals surface area contributed by atoms with Crippen molar-refractivity contribution in [2.45, 2.75) is 20.8 Å². The predicted molar refractivity (Wildman–Crippen MR) is 108 cm³/mol. The zero-order chi connectivity index (χ0) is 18.3. The van der Waals surface area contributed by atoms with Crippen LogP contribution in [0.3, 0.4) is 0 Å². The van der Waals surface area contributed by atoms with Gasteiger partial charge in [0, 0.05) is 35.5 Å². The number of aromatic nitrogens is 2. The van der Waals surface area contributed by atoms with Gasteiger partial charge in [-0.15, -0.1) is 0 Å². The van der Waals surface area contributed by atoms with Gasteiger partial charge in [0.15, 0.2) is 0 Å². The number of fused-ring (bicyclic) bond motifs is 1. The van der Waals surface area contributed by atoms with Crippen LogP contribution in [-0.4, -0.2) is 4.98 Å². The minimum Gasteiger partial charge on any atom is -0.265 e. The smallest absolute Gasteiger partial charge is 0.213 e. The molecule has 0 fully saturated rings. The van der Waals surface area contributed by atoms with Gasteiger partial charge >= 0.3 is 0 Å². The van der Waals surface area contributed by atoms with Gasteiger partial charge in [0.25, 0.3) is 0 Å². The number of nitrogens with zero attached hydrogens (tertiary/aromatic N) is 2. The Labute approximate surface area is 154 Å². The second-order valence-corrected chi connectivity index (χ2v) is 7.04. The average Bonchev–Trinajstić information content (AvgIpc) is 2.66. The van der Waals surface area contributed by atoms with Crippen LogP contribution in [0, 0.1) is 20.8 Å². The Kier molecular flexibility index (Phi) is 4.04. The van der Waals surface area contributed by atoms with E-state index in [9.17, 15) is 0 Å². The summed E-state index contributed by atoms with van der Waals surface area (Å²) in [6, 6.07) is 19.7. The predicted octanol–water partition coefficient (Wildman–Crippen LogP) is 5.32. The maximum absolute atomic E-state index is 4.13. The van der Waals surface area contributed by atoms with Gasteiger partial charge in [0.05, 0.1) is 0 Å². The molecule has 128 valence electrons. The van der Waals surface area contributed by atoms with Crippen LogP contribution in [-0.2, 0) is 7.05 Å². The third-order valence-electron chi connectivity index (χ3n) is 5.28. The molecule has 4 aromatic rings. The molecule has 26 heavy (non-hydrogen) atoms. The molecule has 2 heteroatoms. The van der Waals surface area contributed by atoms with E-state index < -0.39 is 0 Å². The summed E-state index contributed by atoms with van der Waals surface area (Å²) >= 11 is 0. The fourth-order valence-corrected chi connectivity index (χ4v) is 3.69. The molecule has 0 N–H and O–H groups in total. The van der Waals surface area contributed by atoms with Crippen LogP contribution in [0.25, 0.3) is 33.3 Å². The van der Waals surface area contributed by atoms with Crippen molar-refractivity contribution in [1.82, 2.24) is 4.98 Å². The first kappa shape index (κ1) is 16.5. The minimum atomic E-state index is 1.19. The first-order chi connectivity index (χ1) is 12.5. The fourth-order valence-electron chi connectivity index (χ4n) is 3.69. The lowest BCUT2D eigenvalue weighted by atomic mass is 9.96. The number of aryl methyl sites for hydroxylation is 3. The zero-order valence-corrected chi connectivity index (χ0v) is 15.7. The maximum atomic E-state index is 4.13. The standard InChI is InChI=1S/C24H23N2/c1-16-13-17(2)18(3)22(14-16)23-8-7-20-5-6-21(15-24(20)26(23)4)19-9-11-25-12-10-19/h5-15H,1-4H3/q+1. The Balaban J connectivity index is 1.95. The van der Waals surface area contributed by atoms with E-state index in [1.54, 1.807) is 0 Å². The Bertz CT molecular complexity index is 1110. The lowest BCUT2D eigenvalue weighted by Gasteiger charge is -2.11. The summed E-state index contributed by atoms with van der Waals surface area (Å²) in [5, 5.41) is 1.25. The Morgan fingerprint density at radius 1 is 0.769 bits per heavy atom. The van der Waals surface area contributed by atoms with Gasteiger partial charge in [-0.1, -0.05) is 17.7 Å². The largest absolute Gasteiger partial charge is 0.265 e. The molecule has 0 radical (unpaired) electrons. The monoisotopic (exact) mass is 339 g/mol. The summed E-state index contributed by atoms with van der Waals surface area (Å²) in [6.45, 7) is 6.56. The van der Waals surface area contributed by atoms with Gasteiger partial charge < -0.3 is 0 Å². The van der Waals surface area contributed by atoms with Crippen LogP contribution in [0.5, 0.6) is 0 Å². The van der Waals surface area contributed by atoms with Crippen LogP contribution in [0.2, 0.25) is 0 Å². The van der Waals surface area contributed by atoms with Crippen LogP contribution in [0.15, 0.2) is 67.0 Å². The van der Waals surface area contributed by atoms with E-state index in [-0.39, 0.29) is 0 Å². The second-order valence-electron chi connectivity index (χ2n) is 7.04. The highest BCUT2D eigenvalue weighted by Gasteiger charge is 2.17. The molecule has 2 aromatic heterocycles. The average molecular weight is 339 g/mol. The summed E-state index contributed by atoms with van der Waals surface area (Å²) in [4.78, 5) is 4.13. The molecule has 0 saturated carbocycles. The molecule has 0 amide bonds. The Hall–Kier alpha value is -3.00. The van der Waals surface area contributed by atoms with E-state index in [0.717, 1.165) is 0 Å². The molecule has 0 atom stereocenters. The lowest BCUT2D eigenvalue weighted by molar-refractivity contribution is -0.633. The third kappa shape index (κ3) is 2.78. The molecular weight excluding hydrogens is 316 g/mol. The molecule has 0 spiro atoms. The van der Waals surface area contributed by atoms with Crippen LogP contribution in [0.1, 0.15) is 16.7 Å². The zero-order valence-electron chi connectivity index (χ0n) is 15.7. The molecule has 0 aliphatic rings. The van der Waals surface area contributed by atoms with Gasteiger partial charge in [-0.3, -0.25) is 4.98 Å². The van der Waals surface area contributed by atoms with Gasteiger partial charge in [0.1, 0.15) is 7.05 Å². The highest BCUT2D eigenvalue weighted by molar-refractivity contribution is 5.83. The summed E-state index contributed by atoms with van der Waals surface area (Å²) < 4.78 is 2.31. The maximum Gasteiger partial charge on any atom is 0.213 e. The van der Waals surface area contributed by atoms with Crippen molar-refractivity contribution in [2.75, 3.05) is 0 Å². The lowest BCUT2D eigenvalue weighted by Crippen LogP contribution is -2.32. The number of pyridine rings is 2. The minimum absolute atomic E-state index is 1.19. The molecular formula is C24H23N2+. The number of hydrogen-bond acceptors (Lipinski definition) is 1. The Morgan fingerprint density at radius 3 is 2.27 bits per heavy atom. The first-order valence-electron chi connectivity index (χ1n) is 8.96. The fraction of sp³-hybridized carbons (Fsp3) is 0.167. The molecule has 2 nitrogen and oxygen atoms in total. The molecule has 2 aromatic carbocycles. The van der Waals surface area contributed by atoms with E-state index in [1.807, 2.05) is 12.4 Å². The summed E-state index contributed by atoms with van der Waals surface area (Å²) in [5.74, 6) is 0. The molecule has 0 bridgehead atoms. The molecule has 0 aliphatic heterocycles. The van der Waals surface area contributed by atoms with Gasteiger partial charge in [-0.25, -0.2) is 0 Å². The molecule has 4 rings (SSSR count). The van der Waals surface area contributed by atoms with Crippen molar-refractivity contribution in [3.63, 3.8) is 0 Å². The van der Waals surface area contributed by atoms with Gasteiger partial charge in [-0.2, -0.15) is 4.57 Å². The van der Waals surface area contributed by atoms with Crippen molar-refractivity contribution in [3.05, 3.63) is 83.7 Å². The molecule has 0 saturated heterocycles.